The summed E-state index contributed by atoms with van der Waals surface area (Å²) < 4.78 is 24.2. The molecule has 7 heteroatoms. The van der Waals surface area contributed by atoms with E-state index in [-0.39, 0.29) is 11.9 Å². The number of nitrogens with zero attached hydrogens (tertiary/aromatic N) is 2. The quantitative estimate of drug-likeness (QED) is 0.556. The van der Waals surface area contributed by atoms with Gasteiger partial charge < -0.3 is 19.9 Å². The molecule has 0 aliphatic rings. The van der Waals surface area contributed by atoms with Gasteiger partial charge in [0.2, 0.25) is 0 Å². The van der Waals surface area contributed by atoms with Gasteiger partial charge in [-0.1, -0.05) is 25.1 Å². The molecule has 0 bridgehead atoms. The normalized spacial score (nSPS) is 12.9. The smallest absolute Gasteiger partial charge is 0.191 e. The Hall–Kier alpha value is -2.57. The standard InChI is InChI=1S/C19H27FN4O2/c1-5-21-19(23-12-17-10-18(13(2)3)24-26-17)22-11-14(4)25-16-8-6-7-15(20)9-16/h6-10,13-14H,5,11-12H2,1-4H3,(H2,21,22,23). The largest absolute Gasteiger partial charge is 0.489 e. The first-order valence-corrected chi connectivity index (χ1v) is 8.87. The molecule has 0 aliphatic heterocycles. The molecular weight excluding hydrogens is 335 g/mol. The number of hydrogen-bond donors (Lipinski definition) is 2. The molecule has 0 saturated heterocycles. The lowest BCUT2D eigenvalue weighted by Crippen LogP contribution is -2.41. The topological polar surface area (TPSA) is 71.7 Å². The van der Waals surface area contributed by atoms with Gasteiger partial charge in [0.05, 0.1) is 12.2 Å². The van der Waals surface area contributed by atoms with Crippen molar-refractivity contribution in [2.45, 2.75) is 46.3 Å². The molecule has 1 aromatic carbocycles. The fourth-order valence-electron chi connectivity index (χ4n) is 2.23. The van der Waals surface area contributed by atoms with Crippen LogP contribution in [0.4, 0.5) is 4.39 Å². The summed E-state index contributed by atoms with van der Waals surface area (Å²) in [5.74, 6) is 1.89. The molecule has 0 amide bonds. The van der Waals surface area contributed by atoms with Gasteiger partial charge in [0.25, 0.3) is 0 Å². The third-order valence-electron chi connectivity index (χ3n) is 3.60. The van der Waals surface area contributed by atoms with Crippen molar-refractivity contribution >= 4 is 5.96 Å². The predicted octanol–water partition coefficient (Wildman–Crippen LogP) is 3.46. The van der Waals surface area contributed by atoms with Gasteiger partial charge in [-0.25, -0.2) is 9.38 Å². The summed E-state index contributed by atoms with van der Waals surface area (Å²) in [4.78, 5) is 4.49. The molecule has 142 valence electrons. The van der Waals surface area contributed by atoms with Crippen molar-refractivity contribution in [2.24, 2.45) is 4.99 Å². The van der Waals surface area contributed by atoms with Crippen LogP contribution in [-0.4, -0.2) is 30.3 Å². The zero-order valence-electron chi connectivity index (χ0n) is 15.8. The van der Waals surface area contributed by atoms with Crippen molar-refractivity contribution < 1.29 is 13.7 Å². The zero-order valence-corrected chi connectivity index (χ0v) is 15.8. The molecule has 6 nitrogen and oxygen atoms in total. The van der Waals surface area contributed by atoms with E-state index in [1.54, 1.807) is 12.1 Å². The van der Waals surface area contributed by atoms with Gasteiger partial charge in [-0.2, -0.15) is 0 Å². The maximum absolute atomic E-state index is 13.2. The molecule has 1 atom stereocenters. The van der Waals surface area contributed by atoms with Gasteiger partial charge in [0.15, 0.2) is 11.7 Å². The molecule has 0 aliphatic carbocycles. The van der Waals surface area contributed by atoms with E-state index in [0.29, 0.717) is 30.7 Å². The lowest BCUT2D eigenvalue weighted by atomic mass is 10.1. The molecule has 2 aromatic rings. The van der Waals surface area contributed by atoms with Crippen molar-refractivity contribution in [2.75, 3.05) is 13.1 Å². The SMILES string of the molecule is CCNC(=NCc1cc(C(C)C)no1)NCC(C)Oc1cccc(F)c1. The first kappa shape index (κ1) is 19.8. The molecule has 0 radical (unpaired) electrons. The number of hydrogen-bond acceptors (Lipinski definition) is 4. The second-order valence-electron chi connectivity index (χ2n) is 6.33. The number of aliphatic imine (C=N–C) groups is 1. The maximum atomic E-state index is 13.2. The van der Waals surface area contributed by atoms with Crippen LogP contribution >= 0.6 is 0 Å². The Balaban J connectivity index is 1.87. The molecule has 1 heterocycles. The highest BCUT2D eigenvalue weighted by molar-refractivity contribution is 5.79. The Kier molecular flexibility index (Phi) is 7.44. The highest BCUT2D eigenvalue weighted by Gasteiger charge is 2.09. The predicted molar refractivity (Wildman–Crippen MR) is 99.9 cm³/mol. The first-order chi connectivity index (χ1) is 12.5. The van der Waals surface area contributed by atoms with Crippen molar-refractivity contribution in [3.8, 4) is 5.75 Å². The molecule has 2 rings (SSSR count). The van der Waals surface area contributed by atoms with Crippen LogP contribution in [0.25, 0.3) is 0 Å². The van der Waals surface area contributed by atoms with E-state index in [1.165, 1.54) is 12.1 Å². The van der Waals surface area contributed by atoms with Gasteiger partial charge in [0.1, 0.15) is 24.2 Å². The number of guanidine groups is 1. The summed E-state index contributed by atoms with van der Waals surface area (Å²) >= 11 is 0. The van der Waals surface area contributed by atoms with Crippen LogP contribution < -0.4 is 15.4 Å². The van der Waals surface area contributed by atoms with E-state index in [0.717, 1.165) is 18.0 Å². The Labute approximate surface area is 153 Å². The van der Waals surface area contributed by atoms with E-state index in [1.807, 2.05) is 19.9 Å². The minimum absolute atomic E-state index is 0.154. The highest BCUT2D eigenvalue weighted by atomic mass is 19.1. The average molecular weight is 362 g/mol. The fraction of sp³-hybridized carbons (Fsp3) is 0.474. The van der Waals surface area contributed by atoms with Gasteiger partial charge in [-0.15, -0.1) is 0 Å². The number of rotatable bonds is 8. The lowest BCUT2D eigenvalue weighted by molar-refractivity contribution is 0.223. The molecule has 0 fully saturated rings. The van der Waals surface area contributed by atoms with Crippen LogP contribution in [0.15, 0.2) is 39.8 Å². The number of aromatic nitrogens is 1. The molecule has 26 heavy (non-hydrogen) atoms. The first-order valence-electron chi connectivity index (χ1n) is 8.87. The summed E-state index contributed by atoms with van der Waals surface area (Å²) in [7, 11) is 0. The number of ether oxygens (including phenoxy) is 1. The Morgan fingerprint density at radius 3 is 2.73 bits per heavy atom. The van der Waals surface area contributed by atoms with Crippen LogP contribution in [0, 0.1) is 5.82 Å². The Morgan fingerprint density at radius 2 is 2.08 bits per heavy atom. The maximum Gasteiger partial charge on any atom is 0.191 e. The van der Waals surface area contributed by atoms with Crippen LogP contribution in [0.3, 0.4) is 0 Å². The third kappa shape index (κ3) is 6.38. The van der Waals surface area contributed by atoms with E-state index in [2.05, 4.69) is 34.6 Å². The monoisotopic (exact) mass is 362 g/mol. The van der Waals surface area contributed by atoms with E-state index < -0.39 is 0 Å². The number of halogens is 1. The van der Waals surface area contributed by atoms with Crippen LogP contribution in [0.1, 0.15) is 45.1 Å². The molecule has 0 spiro atoms. The van der Waals surface area contributed by atoms with Crippen molar-refractivity contribution in [3.05, 3.63) is 47.6 Å². The zero-order chi connectivity index (χ0) is 18.9. The summed E-state index contributed by atoms with van der Waals surface area (Å²) in [6.45, 7) is 9.69. The minimum atomic E-state index is -0.314. The van der Waals surface area contributed by atoms with Crippen LogP contribution in [-0.2, 0) is 6.54 Å². The summed E-state index contributed by atoms with van der Waals surface area (Å²) in [5.41, 5.74) is 0.922. The van der Waals surface area contributed by atoms with Crippen molar-refractivity contribution in [1.82, 2.24) is 15.8 Å². The highest BCUT2D eigenvalue weighted by Crippen LogP contribution is 2.15. The van der Waals surface area contributed by atoms with Gasteiger partial charge >= 0.3 is 0 Å². The molecule has 1 aromatic heterocycles. The minimum Gasteiger partial charge on any atom is -0.489 e. The molecular formula is C19H27FN4O2. The van der Waals surface area contributed by atoms with E-state index in [4.69, 9.17) is 9.26 Å². The summed E-state index contributed by atoms with van der Waals surface area (Å²) in [6.07, 6.45) is -0.154. The van der Waals surface area contributed by atoms with Crippen molar-refractivity contribution in [3.63, 3.8) is 0 Å². The summed E-state index contributed by atoms with van der Waals surface area (Å²) in [5, 5.41) is 10.4. The number of nitrogens with one attached hydrogen (secondary N) is 2. The Bertz CT molecular complexity index is 715. The second-order valence-corrected chi connectivity index (χ2v) is 6.33. The molecule has 0 saturated carbocycles. The van der Waals surface area contributed by atoms with E-state index in [9.17, 15) is 4.39 Å². The number of benzene rings is 1. The fourth-order valence-corrected chi connectivity index (χ4v) is 2.23. The van der Waals surface area contributed by atoms with Crippen molar-refractivity contribution in [1.29, 1.82) is 0 Å². The average Bonchev–Trinajstić information content (AvgIpc) is 3.07. The van der Waals surface area contributed by atoms with Gasteiger partial charge in [-0.05, 0) is 31.9 Å². The third-order valence-corrected chi connectivity index (χ3v) is 3.60. The van der Waals surface area contributed by atoms with Gasteiger partial charge in [-0.3, -0.25) is 0 Å². The molecule has 1 unspecified atom stereocenters. The van der Waals surface area contributed by atoms with E-state index >= 15 is 0 Å². The van der Waals surface area contributed by atoms with Crippen LogP contribution in [0.2, 0.25) is 0 Å². The Morgan fingerprint density at radius 1 is 1.27 bits per heavy atom. The van der Waals surface area contributed by atoms with Crippen LogP contribution in [0.5, 0.6) is 5.75 Å². The van der Waals surface area contributed by atoms with Gasteiger partial charge in [0, 0.05) is 18.7 Å². The molecule has 2 N–H and O–H groups in total. The lowest BCUT2D eigenvalue weighted by Gasteiger charge is -2.17. The second kappa shape index (κ2) is 9.79. The summed E-state index contributed by atoms with van der Waals surface area (Å²) in [6, 6.07) is 8.04.